The van der Waals surface area contributed by atoms with Gasteiger partial charge in [-0.15, -0.1) is 12.4 Å². The number of hydrogen-bond acceptors (Lipinski definition) is 2. The van der Waals surface area contributed by atoms with E-state index in [9.17, 15) is 12.8 Å². The van der Waals surface area contributed by atoms with Gasteiger partial charge in [0.2, 0.25) is 0 Å². The Hall–Kier alpha value is 0.0900. The smallest absolute Gasteiger partial charge is 0.229 e. The minimum atomic E-state index is -3.79. The molecule has 7 heteroatoms. The SMILES string of the molecule is Cl.NS(=O)(=O)N1CCCC1F. The molecular weight excluding hydrogens is 195 g/mol. The summed E-state index contributed by atoms with van der Waals surface area (Å²) in [6, 6.07) is 0. The molecule has 1 unspecified atom stereocenters. The summed E-state index contributed by atoms with van der Waals surface area (Å²) in [5.41, 5.74) is 0. The van der Waals surface area contributed by atoms with E-state index in [0.29, 0.717) is 10.7 Å². The lowest BCUT2D eigenvalue weighted by atomic mass is 10.4. The van der Waals surface area contributed by atoms with Crippen LogP contribution < -0.4 is 5.14 Å². The van der Waals surface area contributed by atoms with Gasteiger partial charge in [0.1, 0.15) is 0 Å². The Kier molecular flexibility index (Phi) is 3.69. The summed E-state index contributed by atoms with van der Waals surface area (Å²) in [4.78, 5) is 0. The number of halogens is 2. The molecule has 0 bridgehead atoms. The van der Waals surface area contributed by atoms with Crippen LogP contribution in [0.15, 0.2) is 0 Å². The van der Waals surface area contributed by atoms with Crippen molar-refractivity contribution in [2.75, 3.05) is 6.54 Å². The van der Waals surface area contributed by atoms with Crippen molar-refractivity contribution in [1.29, 1.82) is 0 Å². The number of rotatable bonds is 1. The lowest BCUT2D eigenvalue weighted by molar-refractivity contribution is 0.211. The van der Waals surface area contributed by atoms with Gasteiger partial charge in [-0.05, 0) is 12.8 Å². The second-order valence-electron chi connectivity index (χ2n) is 2.23. The predicted octanol–water partition coefficient (Wildman–Crippen LogP) is 0.00310. The minimum Gasteiger partial charge on any atom is -0.229 e. The van der Waals surface area contributed by atoms with Crippen molar-refractivity contribution in [2.45, 2.75) is 19.1 Å². The first-order valence-corrected chi connectivity index (χ1v) is 4.46. The van der Waals surface area contributed by atoms with E-state index in [1.54, 1.807) is 0 Å². The summed E-state index contributed by atoms with van der Waals surface area (Å²) < 4.78 is 34.2. The summed E-state index contributed by atoms with van der Waals surface area (Å²) in [7, 11) is -3.79. The van der Waals surface area contributed by atoms with Gasteiger partial charge in [-0.1, -0.05) is 0 Å². The van der Waals surface area contributed by atoms with Crippen LogP contribution in [-0.4, -0.2) is 25.6 Å². The van der Waals surface area contributed by atoms with Crippen LogP contribution in [-0.2, 0) is 10.2 Å². The van der Waals surface area contributed by atoms with Gasteiger partial charge in [0, 0.05) is 6.54 Å². The molecule has 0 aromatic rings. The van der Waals surface area contributed by atoms with Crippen molar-refractivity contribution < 1.29 is 12.8 Å². The number of nitrogens with two attached hydrogens (primary N) is 1. The van der Waals surface area contributed by atoms with E-state index in [1.807, 2.05) is 0 Å². The van der Waals surface area contributed by atoms with Crippen molar-refractivity contribution in [3.63, 3.8) is 0 Å². The highest BCUT2D eigenvalue weighted by Gasteiger charge is 2.31. The molecule has 1 fully saturated rings. The lowest BCUT2D eigenvalue weighted by Gasteiger charge is -2.13. The van der Waals surface area contributed by atoms with E-state index in [1.165, 1.54) is 0 Å². The van der Waals surface area contributed by atoms with Crippen molar-refractivity contribution in [2.24, 2.45) is 5.14 Å². The molecule has 11 heavy (non-hydrogen) atoms. The van der Waals surface area contributed by atoms with Crippen LogP contribution in [0.5, 0.6) is 0 Å². The third-order valence-corrected chi connectivity index (χ3v) is 2.53. The standard InChI is InChI=1S/C4H9FN2O2S.ClH/c5-4-2-1-3-7(4)10(6,8)9;/h4H,1-3H2,(H2,6,8,9);1H. The van der Waals surface area contributed by atoms with E-state index >= 15 is 0 Å². The van der Waals surface area contributed by atoms with Crippen molar-refractivity contribution in [3.8, 4) is 0 Å². The molecule has 1 aliphatic rings. The highest BCUT2D eigenvalue weighted by atomic mass is 35.5. The molecule has 1 saturated heterocycles. The van der Waals surface area contributed by atoms with E-state index in [-0.39, 0.29) is 25.4 Å². The molecule has 0 aliphatic carbocycles. The average molecular weight is 205 g/mol. The third-order valence-electron chi connectivity index (χ3n) is 1.46. The zero-order valence-corrected chi connectivity index (χ0v) is 7.37. The van der Waals surface area contributed by atoms with Crippen molar-refractivity contribution in [1.82, 2.24) is 4.31 Å². The summed E-state index contributed by atoms with van der Waals surface area (Å²) in [6.07, 6.45) is -0.594. The van der Waals surface area contributed by atoms with Crippen LogP contribution in [0.25, 0.3) is 0 Å². The monoisotopic (exact) mass is 204 g/mol. The topological polar surface area (TPSA) is 63.4 Å². The Balaban J connectivity index is 0.000001000. The van der Waals surface area contributed by atoms with Crippen molar-refractivity contribution >= 4 is 22.6 Å². The van der Waals surface area contributed by atoms with Gasteiger partial charge >= 0.3 is 0 Å². The maximum Gasteiger partial charge on any atom is 0.279 e. The predicted molar refractivity (Wildman–Crippen MR) is 41.2 cm³/mol. The molecule has 0 spiro atoms. The van der Waals surface area contributed by atoms with Crippen LogP contribution in [0, 0.1) is 0 Å². The van der Waals surface area contributed by atoms with Gasteiger partial charge in [0.15, 0.2) is 6.30 Å². The molecule has 1 heterocycles. The minimum absolute atomic E-state index is 0. The van der Waals surface area contributed by atoms with Gasteiger partial charge in [-0.25, -0.2) is 9.53 Å². The number of nitrogens with zero attached hydrogens (tertiary/aromatic N) is 1. The fourth-order valence-electron chi connectivity index (χ4n) is 0.986. The van der Waals surface area contributed by atoms with Crippen LogP contribution in [0.2, 0.25) is 0 Å². The maximum absolute atomic E-state index is 12.6. The second kappa shape index (κ2) is 3.66. The highest BCUT2D eigenvalue weighted by Crippen LogP contribution is 2.19. The van der Waals surface area contributed by atoms with Crippen LogP contribution in [0.4, 0.5) is 4.39 Å². The first-order valence-electron chi connectivity index (χ1n) is 2.95. The molecule has 0 radical (unpaired) electrons. The first-order chi connectivity index (χ1) is 4.52. The molecular formula is C4H10ClFN2O2S. The molecule has 0 amide bonds. The van der Waals surface area contributed by atoms with Gasteiger partial charge in [0.25, 0.3) is 10.2 Å². The van der Waals surface area contributed by atoms with Gasteiger partial charge in [0.05, 0.1) is 0 Å². The Morgan fingerprint density at radius 1 is 1.55 bits per heavy atom. The zero-order chi connectivity index (χ0) is 7.78. The molecule has 1 rings (SSSR count). The van der Waals surface area contributed by atoms with E-state index < -0.39 is 16.5 Å². The molecule has 68 valence electrons. The lowest BCUT2D eigenvalue weighted by Crippen LogP contribution is -2.38. The largest absolute Gasteiger partial charge is 0.279 e. The Morgan fingerprint density at radius 3 is 2.27 bits per heavy atom. The van der Waals surface area contributed by atoms with Gasteiger partial charge < -0.3 is 0 Å². The fourth-order valence-corrected chi connectivity index (χ4v) is 1.79. The molecule has 1 atom stereocenters. The van der Waals surface area contributed by atoms with Crippen LogP contribution >= 0.6 is 12.4 Å². The molecule has 0 saturated carbocycles. The maximum atomic E-state index is 12.6. The van der Waals surface area contributed by atoms with E-state index in [2.05, 4.69) is 5.14 Å². The van der Waals surface area contributed by atoms with Crippen LogP contribution in [0.3, 0.4) is 0 Å². The second-order valence-corrected chi connectivity index (χ2v) is 3.73. The summed E-state index contributed by atoms with van der Waals surface area (Å²) in [5, 5.41) is 4.69. The van der Waals surface area contributed by atoms with E-state index in [4.69, 9.17) is 0 Å². The third kappa shape index (κ3) is 2.55. The summed E-state index contributed by atoms with van der Waals surface area (Å²) >= 11 is 0. The molecule has 2 N–H and O–H groups in total. The quantitative estimate of drug-likeness (QED) is 0.612. The van der Waals surface area contributed by atoms with Gasteiger partial charge in [-0.3, -0.25) is 0 Å². The zero-order valence-electron chi connectivity index (χ0n) is 5.73. The van der Waals surface area contributed by atoms with E-state index in [0.717, 1.165) is 0 Å². The summed E-state index contributed by atoms with van der Waals surface area (Å²) in [5.74, 6) is 0. The Labute approximate surface area is 71.1 Å². The van der Waals surface area contributed by atoms with Crippen molar-refractivity contribution in [3.05, 3.63) is 0 Å². The average Bonchev–Trinajstić information content (AvgIpc) is 2.11. The molecule has 0 aromatic heterocycles. The number of alkyl halides is 1. The van der Waals surface area contributed by atoms with Crippen LogP contribution in [0.1, 0.15) is 12.8 Å². The van der Waals surface area contributed by atoms with Gasteiger partial charge in [-0.2, -0.15) is 12.7 Å². The normalized spacial score (nSPS) is 26.5. The molecule has 1 aliphatic heterocycles. The fraction of sp³-hybridized carbons (Fsp3) is 1.00. The number of hydrogen-bond donors (Lipinski definition) is 1. The Morgan fingerprint density at radius 2 is 2.09 bits per heavy atom. The summed E-state index contributed by atoms with van der Waals surface area (Å²) in [6.45, 7) is 0.208. The molecule has 4 nitrogen and oxygen atoms in total. The first kappa shape index (κ1) is 11.1. The highest BCUT2D eigenvalue weighted by molar-refractivity contribution is 7.86. The molecule has 0 aromatic carbocycles. The Bertz CT molecular complexity index is 220.